The van der Waals surface area contributed by atoms with Gasteiger partial charge >= 0.3 is 301 Å². The number of aliphatic hydroxyl groups is 1. The minimum absolute atomic E-state index is 0.00631. The molecule has 1 aromatic carbocycles. The molecule has 0 radical (unpaired) electrons. The molecule has 3 fully saturated rings. The molecule has 57 heavy (non-hydrogen) atoms. The Hall–Kier alpha value is -3.52. The van der Waals surface area contributed by atoms with Crippen LogP contribution in [0.5, 0.6) is 0 Å². The number of amides is 1. The van der Waals surface area contributed by atoms with Crippen LogP contribution in [-0.2, 0) is 44.4 Å². The van der Waals surface area contributed by atoms with Crippen molar-refractivity contribution in [3.8, 4) is 0 Å². The van der Waals surface area contributed by atoms with Crippen LogP contribution in [0, 0.1) is 11.8 Å². The van der Waals surface area contributed by atoms with Gasteiger partial charge in [-0.05, 0) is 12.3 Å². The van der Waals surface area contributed by atoms with Gasteiger partial charge in [0.25, 0.3) is 0 Å². The van der Waals surface area contributed by atoms with Gasteiger partial charge in [-0.3, -0.25) is 0 Å². The molecule has 3 saturated heterocycles. The minimum atomic E-state index is -1.01. The van der Waals surface area contributed by atoms with Crippen molar-refractivity contribution >= 4 is 43.5 Å². The number of aromatic nitrogens is 1. The summed E-state index contributed by atoms with van der Waals surface area (Å²) in [5.74, 6) is 0.161. The number of fused-ring (bicyclic) bond motifs is 4. The third-order valence-electron chi connectivity index (χ3n) is 10.6. The molecule has 2 unspecified atom stereocenters. The van der Waals surface area contributed by atoms with Crippen molar-refractivity contribution in [2.75, 3.05) is 20.8 Å². The first-order valence-electron chi connectivity index (χ1n) is 20.2. The molecule has 4 bridgehead atoms. The molecule has 0 aliphatic carbocycles. The fraction of sp³-hybridized carbons (Fsp3) is 0.628. The van der Waals surface area contributed by atoms with E-state index < -0.39 is 56.3 Å². The van der Waals surface area contributed by atoms with Crippen LogP contribution >= 0.6 is 0 Å². The summed E-state index contributed by atoms with van der Waals surface area (Å²) in [6, 6.07) is 9.64. The van der Waals surface area contributed by atoms with Gasteiger partial charge < -0.3 is 4.74 Å². The zero-order valence-electron chi connectivity index (χ0n) is 33.8. The number of allylic oxidation sites excluding steroid dienone is 1. The standard InChI is InChI=1S/C43H60N2O11Se/c1-27(2)13-16-31-20-30-17-14-28(3)38(54-30)24-32(50-4)21-33-22-34(23-35(53-33)25-40(47)55-31)56-42(48)41(57-36-10-7-6-8-11-36)37(46)18-15-29-26-52-39(45-29)12-9-19-44-43(49)51-5/h6-13,16,26-28,30-35,37-38,41,46H,14-15,17-25H2,1-5H3,(H,44,49)/b12-9-,16-13+/t28-,30-,31-,32-,33+,34+,35+,37?,38+,41?/m0/s1. The number of carbonyl (C=O) groups is 3. The summed E-state index contributed by atoms with van der Waals surface area (Å²) < 4.78 is 42.6. The first-order valence-corrected chi connectivity index (χ1v) is 22.1. The number of alkyl carbamates (subject to hydrolysis) is 1. The van der Waals surface area contributed by atoms with Gasteiger partial charge in [0.15, 0.2) is 0 Å². The van der Waals surface area contributed by atoms with Gasteiger partial charge in [0.1, 0.15) is 0 Å². The van der Waals surface area contributed by atoms with E-state index in [0.29, 0.717) is 61.9 Å². The van der Waals surface area contributed by atoms with Crippen LogP contribution in [0.1, 0.15) is 90.1 Å². The molecule has 4 heterocycles. The van der Waals surface area contributed by atoms with Gasteiger partial charge in [-0.2, -0.15) is 0 Å². The number of hydrogen-bond donors (Lipinski definition) is 2. The molecule has 3 aliphatic heterocycles. The predicted octanol–water partition coefficient (Wildman–Crippen LogP) is 5.51. The number of nitrogens with zero attached hydrogens (tertiary/aromatic N) is 1. The summed E-state index contributed by atoms with van der Waals surface area (Å²) in [7, 11) is 3.00. The summed E-state index contributed by atoms with van der Waals surface area (Å²) in [6.45, 7) is 6.64. The molecule has 1 aromatic heterocycles. The topological polar surface area (TPSA) is 165 Å². The van der Waals surface area contributed by atoms with Crippen LogP contribution in [0.3, 0.4) is 0 Å². The van der Waals surface area contributed by atoms with E-state index >= 15 is 0 Å². The van der Waals surface area contributed by atoms with E-state index in [1.165, 1.54) is 13.4 Å². The number of hydrogen-bond acceptors (Lipinski definition) is 12. The number of rotatable bonds is 14. The Labute approximate surface area is 342 Å². The van der Waals surface area contributed by atoms with Gasteiger partial charge in [-0.1, -0.05) is 13.8 Å². The van der Waals surface area contributed by atoms with Crippen LogP contribution in [0.25, 0.3) is 6.08 Å². The van der Waals surface area contributed by atoms with Crippen molar-refractivity contribution < 1.29 is 52.3 Å². The van der Waals surface area contributed by atoms with E-state index in [2.05, 4.69) is 41.9 Å². The molecule has 2 N–H and O–H groups in total. The number of esters is 2. The summed E-state index contributed by atoms with van der Waals surface area (Å²) >= 11 is -0.447. The van der Waals surface area contributed by atoms with Crippen LogP contribution in [0.2, 0.25) is 4.82 Å². The second-order valence-corrected chi connectivity index (χ2v) is 18.1. The molecule has 3 aliphatic rings. The number of ether oxygens (including phenoxy) is 6. The van der Waals surface area contributed by atoms with Gasteiger partial charge in [-0.15, -0.1) is 0 Å². The Morgan fingerprint density at radius 3 is 2.54 bits per heavy atom. The second kappa shape index (κ2) is 22.6. The van der Waals surface area contributed by atoms with Crippen molar-refractivity contribution in [1.82, 2.24) is 10.3 Å². The zero-order chi connectivity index (χ0) is 40.7. The fourth-order valence-corrected chi connectivity index (χ4v) is 9.71. The Kier molecular flexibility index (Phi) is 17.7. The SMILES string of the molecule is COC(=O)NC/C=C\c1nc(CCC(O)C([Se]c2ccccc2)C(=O)O[C@@H]2C[C@H]3C[C@H](OC)C[C@H]4O[C@@H](CC[C@@H]4C)C[C@H](/C=C/C(C)C)OC(=O)C[C@@H](C2)O3)co1. The maximum atomic E-state index is 14.1. The Bertz CT molecular complexity index is 1620. The first-order chi connectivity index (χ1) is 27.5. The Morgan fingerprint density at radius 2 is 1.79 bits per heavy atom. The number of cyclic esters (lactones) is 1. The van der Waals surface area contributed by atoms with Crippen LogP contribution in [0.4, 0.5) is 4.79 Å². The molecular weight excluding hydrogens is 799 g/mol. The number of benzene rings is 1. The number of methoxy groups -OCH3 is 2. The zero-order valence-corrected chi connectivity index (χ0v) is 35.5. The van der Waals surface area contributed by atoms with Gasteiger partial charge in [0, 0.05) is 0 Å². The van der Waals surface area contributed by atoms with Gasteiger partial charge in [0.2, 0.25) is 0 Å². The molecular formula is C43H60N2O11Se. The summed E-state index contributed by atoms with van der Waals surface area (Å²) in [5, 5.41) is 14.1. The van der Waals surface area contributed by atoms with Gasteiger partial charge in [-0.25, -0.2) is 4.79 Å². The van der Waals surface area contributed by atoms with E-state index in [1.807, 2.05) is 36.4 Å². The van der Waals surface area contributed by atoms with E-state index in [1.54, 1.807) is 19.3 Å². The molecule has 14 heteroatoms. The number of aryl methyl sites for hydroxylation is 1. The summed E-state index contributed by atoms with van der Waals surface area (Å²) in [5.41, 5.74) is 0.619. The van der Waals surface area contributed by atoms with Crippen LogP contribution < -0.4 is 9.78 Å². The first kappa shape index (κ1) is 44.6. The monoisotopic (exact) mass is 860 g/mol. The van der Waals surface area contributed by atoms with Crippen molar-refractivity contribution in [3.63, 3.8) is 0 Å². The molecule has 0 spiro atoms. The third-order valence-corrected chi connectivity index (χ3v) is 13.3. The van der Waals surface area contributed by atoms with Crippen LogP contribution in [-0.4, -0.2) is 113 Å². The molecule has 1 amide bonds. The van der Waals surface area contributed by atoms with E-state index in [0.717, 1.165) is 17.3 Å². The van der Waals surface area contributed by atoms with Crippen LogP contribution in [0.15, 0.2) is 59.2 Å². The number of nitrogens with one attached hydrogen (secondary N) is 1. The Balaban J connectivity index is 1.28. The predicted molar refractivity (Wildman–Crippen MR) is 214 cm³/mol. The van der Waals surface area contributed by atoms with Crippen molar-refractivity contribution in [1.29, 1.82) is 0 Å². The van der Waals surface area contributed by atoms with Crippen molar-refractivity contribution in [2.24, 2.45) is 11.8 Å². The second-order valence-electron chi connectivity index (χ2n) is 15.6. The van der Waals surface area contributed by atoms with Crippen molar-refractivity contribution in [3.05, 3.63) is 66.4 Å². The molecule has 13 nitrogen and oxygen atoms in total. The average Bonchev–Trinajstić information content (AvgIpc) is 3.65. The average molecular weight is 860 g/mol. The molecule has 5 rings (SSSR count). The Morgan fingerprint density at radius 1 is 1.02 bits per heavy atom. The molecule has 314 valence electrons. The molecule has 2 aromatic rings. The number of aliphatic hydroxyl groups excluding tert-OH is 1. The third kappa shape index (κ3) is 14.7. The maximum absolute atomic E-state index is 14.1. The van der Waals surface area contributed by atoms with E-state index in [4.69, 9.17) is 28.1 Å². The summed E-state index contributed by atoms with van der Waals surface area (Å²) in [4.78, 5) is 42.6. The molecule has 0 saturated carbocycles. The van der Waals surface area contributed by atoms with E-state index in [9.17, 15) is 19.5 Å². The fourth-order valence-electron chi connectivity index (χ4n) is 7.50. The normalized spacial score (nSPS) is 28.4. The molecule has 10 atom stereocenters. The summed E-state index contributed by atoms with van der Waals surface area (Å²) in [6.07, 6.45) is 10.5. The quantitative estimate of drug-likeness (QED) is 0.106. The van der Waals surface area contributed by atoms with E-state index in [-0.39, 0.29) is 49.8 Å². The van der Waals surface area contributed by atoms with Crippen molar-refractivity contribution in [2.45, 2.75) is 139 Å². The van der Waals surface area contributed by atoms with Gasteiger partial charge in [0.05, 0.1) is 7.11 Å². The number of oxazole rings is 1. The number of carbonyl (C=O) groups excluding carboxylic acids is 3.